The average Bonchev–Trinajstić information content (AvgIpc) is 2.63. The van der Waals surface area contributed by atoms with Gasteiger partial charge in [0.25, 0.3) is 5.91 Å². The van der Waals surface area contributed by atoms with Crippen LogP contribution in [0.25, 0.3) is 10.8 Å². The zero-order valence-corrected chi connectivity index (χ0v) is 15.2. The third-order valence-electron chi connectivity index (χ3n) is 4.46. The minimum Gasteiger partial charge on any atom is -0.507 e. The number of amides is 1. The number of hydrogen-bond donors (Lipinski definition) is 3. The molecule has 0 saturated carbocycles. The molecule has 0 heterocycles. The quantitative estimate of drug-likeness (QED) is 0.628. The van der Waals surface area contributed by atoms with E-state index in [9.17, 15) is 23.1 Å². The van der Waals surface area contributed by atoms with Crippen molar-refractivity contribution in [2.24, 2.45) is 0 Å². The van der Waals surface area contributed by atoms with Crippen molar-refractivity contribution in [2.45, 2.75) is 12.7 Å². The van der Waals surface area contributed by atoms with Crippen LogP contribution in [0.5, 0.6) is 5.75 Å². The summed E-state index contributed by atoms with van der Waals surface area (Å²) in [6, 6.07) is 15.9. The molecule has 0 bridgehead atoms. The van der Waals surface area contributed by atoms with Gasteiger partial charge < -0.3 is 15.3 Å². The van der Waals surface area contributed by atoms with Gasteiger partial charge in [0.1, 0.15) is 12.3 Å². The number of carbonyl (C=O) groups is 1. The maximum Gasteiger partial charge on any atom is 0.418 e. The summed E-state index contributed by atoms with van der Waals surface area (Å²) in [6.07, 6.45) is -4.54. The highest BCUT2D eigenvalue weighted by Crippen LogP contribution is 2.34. The van der Waals surface area contributed by atoms with Gasteiger partial charge in [-0.2, -0.15) is 13.2 Å². The fraction of sp³-hybridized carbons (Fsp3) is 0.190. The number of nitrogens with one attached hydrogen (secondary N) is 2. The van der Waals surface area contributed by atoms with Gasteiger partial charge in [0.2, 0.25) is 0 Å². The number of halogens is 3. The number of benzene rings is 3. The van der Waals surface area contributed by atoms with E-state index in [0.29, 0.717) is 12.1 Å². The second-order valence-corrected chi connectivity index (χ2v) is 6.69. The molecule has 4 nitrogen and oxygen atoms in total. The van der Waals surface area contributed by atoms with Crippen molar-refractivity contribution in [2.75, 3.05) is 18.9 Å². The van der Waals surface area contributed by atoms with Gasteiger partial charge in [-0.1, -0.05) is 42.5 Å². The predicted molar refractivity (Wildman–Crippen MR) is 101 cm³/mol. The van der Waals surface area contributed by atoms with Crippen LogP contribution >= 0.6 is 0 Å². The van der Waals surface area contributed by atoms with Gasteiger partial charge in [-0.15, -0.1) is 0 Å². The van der Waals surface area contributed by atoms with E-state index in [1.54, 1.807) is 13.1 Å². The SMILES string of the molecule is C[NH+](CC(=O)Nc1ccccc1C(F)(F)F)Cc1c(O)ccc2ccccc12. The monoisotopic (exact) mass is 389 g/mol. The van der Waals surface area contributed by atoms with Crippen molar-refractivity contribution >= 4 is 22.4 Å². The predicted octanol–water partition coefficient (Wildman–Crippen LogP) is 3.22. The lowest BCUT2D eigenvalue weighted by Gasteiger charge is -2.17. The van der Waals surface area contributed by atoms with Crippen molar-refractivity contribution < 1.29 is 28.0 Å². The number of likely N-dealkylation sites (N-methyl/N-ethyl adjacent to an activating group) is 1. The molecule has 3 aromatic rings. The molecule has 0 aromatic heterocycles. The molecule has 0 aliphatic rings. The fourth-order valence-electron chi connectivity index (χ4n) is 3.18. The Hall–Kier alpha value is -3.06. The fourth-order valence-corrected chi connectivity index (χ4v) is 3.18. The Morgan fingerprint density at radius 1 is 1.04 bits per heavy atom. The first kappa shape index (κ1) is 19.7. The van der Waals surface area contributed by atoms with Gasteiger partial charge in [-0.25, -0.2) is 0 Å². The highest BCUT2D eigenvalue weighted by Gasteiger charge is 2.33. The number of fused-ring (bicyclic) bond motifs is 1. The topological polar surface area (TPSA) is 53.8 Å². The normalized spacial score (nSPS) is 12.7. The molecule has 28 heavy (non-hydrogen) atoms. The summed E-state index contributed by atoms with van der Waals surface area (Å²) in [4.78, 5) is 13.0. The molecule has 1 amide bonds. The molecule has 1 unspecified atom stereocenters. The van der Waals surface area contributed by atoms with Crippen LogP contribution in [0.3, 0.4) is 0 Å². The Morgan fingerprint density at radius 2 is 1.71 bits per heavy atom. The Morgan fingerprint density at radius 3 is 2.46 bits per heavy atom. The van der Waals surface area contributed by atoms with Crippen LogP contribution in [-0.2, 0) is 17.5 Å². The molecule has 0 spiro atoms. The van der Waals surface area contributed by atoms with Gasteiger partial charge in [-0.05, 0) is 29.0 Å². The molecule has 0 radical (unpaired) electrons. The van der Waals surface area contributed by atoms with E-state index in [1.807, 2.05) is 30.3 Å². The number of rotatable bonds is 5. The minimum absolute atomic E-state index is 0.0468. The Balaban J connectivity index is 1.72. The molecular weight excluding hydrogens is 369 g/mol. The molecular formula is C21H20F3N2O2+. The highest BCUT2D eigenvalue weighted by atomic mass is 19.4. The molecule has 3 N–H and O–H groups in total. The Kier molecular flexibility index (Phi) is 5.56. The summed E-state index contributed by atoms with van der Waals surface area (Å²) >= 11 is 0. The van der Waals surface area contributed by atoms with Crippen LogP contribution in [0.2, 0.25) is 0 Å². The number of aromatic hydroxyl groups is 1. The standard InChI is InChI=1S/C21H19F3N2O2/c1-26(12-16-15-7-3-2-6-14(15)10-11-19(16)27)13-20(28)25-18-9-5-4-8-17(18)21(22,23)24/h2-11,27H,12-13H2,1H3,(H,25,28)/p+1. The number of alkyl halides is 3. The lowest BCUT2D eigenvalue weighted by molar-refractivity contribution is -0.885. The number of phenols is 1. The summed E-state index contributed by atoms with van der Waals surface area (Å²) in [5.41, 5.74) is -0.451. The first-order valence-electron chi connectivity index (χ1n) is 8.72. The van der Waals surface area contributed by atoms with E-state index in [1.165, 1.54) is 18.2 Å². The van der Waals surface area contributed by atoms with Crippen LogP contribution in [0.1, 0.15) is 11.1 Å². The summed E-state index contributed by atoms with van der Waals surface area (Å²) in [5.74, 6) is -0.408. The lowest BCUT2D eigenvalue weighted by Crippen LogP contribution is -3.08. The number of anilines is 1. The molecule has 0 fully saturated rings. The minimum atomic E-state index is -4.54. The van der Waals surface area contributed by atoms with E-state index in [-0.39, 0.29) is 18.0 Å². The zero-order valence-electron chi connectivity index (χ0n) is 15.2. The van der Waals surface area contributed by atoms with Crippen LogP contribution in [0.4, 0.5) is 18.9 Å². The average molecular weight is 389 g/mol. The third-order valence-corrected chi connectivity index (χ3v) is 4.46. The summed E-state index contributed by atoms with van der Waals surface area (Å²) in [5, 5.41) is 14.4. The molecule has 3 aromatic carbocycles. The lowest BCUT2D eigenvalue weighted by atomic mass is 10.0. The third kappa shape index (κ3) is 4.43. The van der Waals surface area contributed by atoms with Gasteiger partial charge >= 0.3 is 6.18 Å². The van der Waals surface area contributed by atoms with Gasteiger partial charge in [0, 0.05) is 0 Å². The van der Waals surface area contributed by atoms with Crippen LogP contribution < -0.4 is 10.2 Å². The molecule has 0 aliphatic carbocycles. The zero-order chi connectivity index (χ0) is 20.3. The summed E-state index contributed by atoms with van der Waals surface area (Å²) in [6.45, 7) is 0.302. The van der Waals surface area contributed by atoms with Crippen molar-refractivity contribution in [1.82, 2.24) is 0 Å². The van der Waals surface area contributed by atoms with Gasteiger partial charge in [-0.3, -0.25) is 4.79 Å². The number of hydrogen-bond acceptors (Lipinski definition) is 2. The van der Waals surface area contributed by atoms with E-state index in [2.05, 4.69) is 5.32 Å². The molecule has 0 aliphatic heterocycles. The second kappa shape index (κ2) is 7.90. The van der Waals surface area contributed by atoms with Gasteiger partial charge in [0.15, 0.2) is 6.54 Å². The maximum absolute atomic E-state index is 13.1. The first-order valence-corrected chi connectivity index (χ1v) is 8.72. The Bertz CT molecular complexity index is 1000. The van der Waals surface area contributed by atoms with Crippen molar-refractivity contribution in [3.05, 3.63) is 71.8 Å². The van der Waals surface area contributed by atoms with Crippen LogP contribution in [-0.4, -0.2) is 24.6 Å². The van der Waals surface area contributed by atoms with E-state index in [0.717, 1.165) is 21.7 Å². The second-order valence-electron chi connectivity index (χ2n) is 6.69. The molecule has 7 heteroatoms. The van der Waals surface area contributed by atoms with Crippen molar-refractivity contribution in [1.29, 1.82) is 0 Å². The summed E-state index contributed by atoms with van der Waals surface area (Å²) in [7, 11) is 1.75. The number of quaternary nitrogens is 1. The highest BCUT2D eigenvalue weighted by molar-refractivity contribution is 5.92. The first-order chi connectivity index (χ1) is 13.3. The van der Waals surface area contributed by atoms with Gasteiger partial charge in [0.05, 0.1) is 23.9 Å². The van der Waals surface area contributed by atoms with E-state index < -0.39 is 17.6 Å². The molecule has 3 rings (SSSR count). The molecule has 146 valence electrons. The number of phenolic OH excluding ortho intramolecular Hbond substituents is 1. The summed E-state index contributed by atoms with van der Waals surface area (Å²) < 4.78 is 39.2. The molecule has 0 saturated heterocycles. The van der Waals surface area contributed by atoms with Crippen molar-refractivity contribution in [3.63, 3.8) is 0 Å². The van der Waals surface area contributed by atoms with Crippen LogP contribution in [0, 0.1) is 0 Å². The van der Waals surface area contributed by atoms with Crippen LogP contribution in [0.15, 0.2) is 60.7 Å². The molecule has 1 atom stereocenters. The Labute approximate surface area is 160 Å². The largest absolute Gasteiger partial charge is 0.507 e. The van der Waals surface area contributed by atoms with E-state index in [4.69, 9.17) is 0 Å². The number of carbonyl (C=O) groups excluding carboxylic acids is 1. The van der Waals surface area contributed by atoms with Crippen molar-refractivity contribution in [3.8, 4) is 5.75 Å². The smallest absolute Gasteiger partial charge is 0.418 e. The van der Waals surface area contributed by atoms with E-state index >= 15 is 0 Å². The maximum atomic E-state index is 13.1. The number of para-hydroxylation sites is 1.